The highest BCUT2D eigenvalue weighted by Gasteiger charge is 2.26. The van der Waals surface area contributed by atoms with Crippen LogP contribution in [-0.2, 0) is 11.3 Å². The SMILES string of the molecule is Cc1cccc(Cn2c3ccccc3c3nnc(SCCCC(=O)N4CCC(n5c(=O)[nH]c6ccccc65)CC4)nc32)c1. The van der Waals surface area contributed by atoms with Crippen LogP contribution >= 0.6 is 11.8 Å². The number of carbonyl (C=O) groups excluding carboxylic acids is 1. The van der Waals surface area contributed by atoms with Crippen LogP contribution in [0.5, 0.6) is 0 Å². The molecule has 0 radical (unpaired) electrons. The predicted octanol–water partition coefficient (Wildman–Crippen LogP) is 5.72. The van der Waals surface area contributed by atoms with Gasteiger partial charge in [0.25, 0.3) is 0 Å². The first-order chi connectivity index (χ1) is 21.0. The summed E-state index contributed by atoms with van der Waals surface area (Å²) in [7, 11) is 0. The van der Waals surface area contributed by atoms with E-state index in [0.29, 0.717) is 31.2 Å². The molecule has 0 spiro atoms. The van der Waals surface area contributed by atoms with Crippen LogP contribution in [0.2, 0.25) is 0 Å². The molecule has 6 aromatic rings. The van der Waals surface area contributed by atoms with E-state index in [4.69, 9.17) is 4.98 Å². The molecule has 3 aromatic carbocycles. The molecule has 7 rings (SSSR count). The lowest BCUT2D eigenvalue weighted by atomic mass is 10.0. The summed E-state index contributed by atoms with van der Waals surface area (Å²) >= 11 is 1.54. The first-order valence-corrected chi connectivity index (χ1v) is 15.8. The Morgan fingerprint density at radius 3 is 2.60 bits per heavy atom. The van der Waals surface area contributed by atoms with E-state index < -0.39 is 0 Å². The van der Waals surface area contributed by atoms with Gasteiger partial charge in [-0.2, -0.15) is 0 Å². The molecule has 1 fully saturated rings. The summed E-state index contributed by atoms with van der Waals surface area (Å²) in [6.45, 7) is 4.14. The third kappa shape index (κ3) is 5.43. The van der Waals surface area contributed by atoms with Gasteiger partial charge in [-0.15, -0.1) is 10.2 Å². The average Bonchev–Trinajstić information content (AvgIpc) is 3.53. The molecule has 1 aliphatic rings. The minimum absolute atomic E-state index is 0.0755. The van der Waals surface area contributed by atoms with Gasteiger partial charge in [-0.3, -0.25) is 9.36 Å². The van der Waals surface area contributed by atoms with Gasteiger partial charge in [0, 0.05) is 43.2 Å². The van der Waals surface area contributed by atoms with Crippen LogP contribution in [0.1, 0.15) is 42.9 Å². The average molecular weight is 592 g/mol. The van der Waals surface area contributed by atoms with Crippen LogP contribution in [0.15, 0.2) is 82.7 Å². The first kappa shape index (κ1) is 27.4. The minimum Gasteiger partial charge on any atom is -0.343 e. The minimum atomic E-state index is -0.0755. The summed E-state index contributed by atoms with van der Waals surface area (Å²) in [5.74, 6) is 0.899. The lowest BCUT2D eigenvalue weighted by Gasteiger charge is -2.32. The third-order valence-electron chi connectivity index (χ3n) is 8.35. The van der Waals surface area contributed by atoms with Gasteiger partial charge in [-0.05, 0) is 49.9 Å². The van der Waals surface area contributed by atoms with Crippen molar-refractivity contribution in [1.29, 1.82) is 0 Å². The van der Waals surface area contributed by atoms with Crippen molar-refractivity contribution in [3.8, 4) is 0 Å². The zero-order valence-electron chi connectivity index (χ0n) is 24.1. The number of nitrogens with one attached hydrogen (secondary N) is 1. The van der Waals surface area contributed by atoms with Gasteiger partial charge in [-0.25, -0.2) is 9.78 Å². The molecule has 0 aliphatic carbocycles. The second kappa shape index (κ2) is 11.7. The van der Waals surface area contributed by atoms with Crippen LogP contribution in [-0.4, -0.2) is 58.9 Å². The number of H-pyrrole nitrogens is 1. The topological polar surface area (TPSA) is 102 Å². The van der Waals surface area contributed by atoms with Crippen LogP contribution in [0.25, 0.3) is 33.1 Å². The van der Waals surface area contributed by atoms with Gasteiger partial charge in [0.2, 0.25) is 11.1 Å². The van der Waals surface area contributed by atoms with E-state index in [9.17, 15) is 9.59 Å². The smallest absolute Gasteiger partial charge is 0.326 e. The summed E-state index contributed by atoms with van der Waals surface area (Å²) in [5, 5.41) is 10.7. The molecule has 0 bridgehead atoms. The molecule has 1 N–H and O–H groups in total. The monoisotopic (exact) mass is 591 g/mol. The molecule has 218 valence electrons. The van der Waals surface area contributed by atoms with Crippen molar-refractivity contribution in [2.45, 2.75) is 50.4 Å². The number of nitrogens with zero attached hydrogens (tertiary/aromatic N) is 6. The fraction of sp³-hybridized carbons (Fsp3) is 0.303. The number of carbonyl (C=O) groups is 1. The summed E-state index contributed by atoms with van der Waals surface area (Å²) in [6.07, 6.45) is 2.77. The molecule has 1 aliphatic heterocycles. The number of aromatic amines is 1. The van der Waals surface area contributed by atoms with Crippen molar-refractivity contribution in [2.75, 3.05) is 18.8 Å². The zero-order valence-corrected chi connectivity index (χ0v) is 24.9. The number of para-hydroxylation sites is 3. The van der Waals surface area contributed by atoms with Gasteiger partial charge in [0.1, 0.15) is 5.52 Å². The lowest BCUT2D eigenvalue weighted by Crippen LogP contribution is -2.40. The van der Waals surface area contributed by atoms with E-state index in [-0.39, 0.29) is 17.6 Å². The van der Waals surface area contributed by atoms with E-state index in [2.05, 4.69) is 63.1 Å². The number of likely N-dealkylation sites (tertiary alicyclic amines) is 1. The summed E-state index contributed by atoms with van der Waals surface area (Å²) in [5.41, 5.74) is 6.88. The van der Waals surface area contributed by atoms with Crippen LogP contribution in [0.4, 0.5) is 0 Å². The normalized spacial score (nSPS) is 14.3. The van der Waals surface area contributed by atoms with E-state index in [0.717, 1.165) is 58.1 Å². The molecule has 10 heteroatoms. The molecule has 9 nitrogen and oxygen atoms in total. The number of rotatable bonds is 8. The Labute approximate surface area is 252 Å². The summed E-state index contributed by atoms with van der Waals surface area (Å²) in [4.78, 5) is 35.4. The maximum absolute atomic E-state index is 13.0. The largest absolute Gasteiger partial charge is 0.343 e. The standard InChI is InChI=1S/C33H33N7O2S/c1-22-8-6-9-23(20-22)21-39-27-12-4-2-10-25(27)30-31(39)35-32(37-36-30)43-19-7-14-29(41)38-17-15-24(16-18-38)40-28-13-5-3-11-26(28)34-33(40)42/h2-6,8-13,20,24H,7,14-19,21H2,1H3,(H,34,42). The Balaban J connectivity index is 0.973. The zero-order chi connectivity index (χ0) is 29.3. The number of hydrogen-bond acceptors (Lipinski definition) is 6. The van der Waals surface area contributed by atoms with E-state index in [1.807, 2.05) is 45.9 Å². The van der Waals surface area contributed by atoms with Crippen molar-refractivity contribution in [2.24, 2.45) is 0 Å². The third-order valence-corrected chi connectivity index (χ3v) is 9.27. The first-order valence-electron chi connectivity index (χ1n) is 14.8. The van der Waals surface area contributed by atoms with Crippen molar-refractivity contribution in [3.05, 3.63) is 94.4 Å². The van der Waals surface area contributed by atoms with Gasteiger partial charge in [0.15, 0.2) is 5.65 Å². The van der Waals surface area contributed by atoms with E-state index in [1.165, 1.54) is 11.1 Å². The van der Waals surface area contributed by atoms with E-state index in [1.54, 1.807) is 11.8 Å². The number of piperidine rings is 1. The Morgan fingerprint density at radius 2 is 1.77 bits per heavy atom. The van der Waals surface area contributed by atoms with E-state index >= 15 is 0 Å². The van der Waals surface area contributed by atoms with Crippen molar-refractivity contribution >= 4 is 50.8 Å². The number of benzene rings is 3. The van der Waals surface area contributed by atoms with Crippen LogP contribution in [0, 0.1) is 6.92 Å². The molecule has 3 aromatic heterocycles. The lowest BCUT2D eigenvalue weighted by molar-refractivity contribution is -0.132. The quantitative estimate of drug-likeness (QED) is 0.180. The fourth-order valence-electron chi connectivity index (χ4n) is 6.26. The number of hydrogen-bond donors (Lipinski definition) is 1. The van der Waals surface area contributed by atoms with Crippen LogP contribution < -0.4 is 5.69 Å². The number of thioether (sulfide) groups is 1. The Hall–Kier alpha value is -4.44. The number of aromatic nitrogens is 6. The van der Waals surface area contributed by atoms with Crippen molar-refractivity contribution in [1.82, 2.24) is 34.2 Å². The van der Waals surface area contributed by atoms with Crippen LogP contribution in [0.3, 0.4) is 0 Å². The number of imidazole rings is 1. The molecule has 4 heterocycles. The number of aryl methyl sites for hydroxylation is 1. The predicted molar refractivity (Wildman–Crippen MR) is 170 cm³/mol. The molecule has 1 amide bonds. The molecular weight excluding hydrogens is 558 g/mol. The second-order valence-corrected chi connectivity index (χ2v) is 12.3. The number of amides is 1. The maximum Gasteiger partial charge on any atom is 0.326 e. The Bertz CT molecular complexity index is 2000. The molecule has 0 saturated carbocycles. The summed E-state index contributed by atoms with van der Waals surface area (Å²) < 4.78 is 4.08. The van der Waals surface area contributed by atoms with Gasteiger partial charge < -0.3 is 14.5 Å². The molecule has 0 atom stereocenters. The molecule has 0 unspecified atom stereocenters. The molecule has 43 heavy (non-hydrogen) atoms. The molecule has 1 saturated heterocycles. The van der Waals surface area contributed by atoms with Crippen molar-refractivity contribution < 1.29 is 4.79 Å². The van der Waals surface area contributed by atoms with Gasteiger partial charge in [-0.1, -0.05) is 71.9 Å². The Kier molecular flexibility index (Phi) is 7.44. The maximum atomic E-state index is 13.0. The molecular formula is C33H33N7O2S. The Morgan fingerprint density at radius 1 is 0.977 bits per heavy atom. The van der Waals surface area contributed by atoms with Gasteiger partial charge >= 0.3 is 5.69 Å². The van der Waals surface area contributed by atoms with Gasteiger partial charge in [0.05, 0.1) is 16.6 Å². The fourth-order valence-corrected chi connectivity index (χ4v) is 6.98. The highest BCUT2D eigenvalue weighted by atomic mass is 32.2. The highest BCUT2D eigenvalue weighted by molar-refractivity contribution is 7.99. The highest BCUT2D eigenvalue weighted by Crippen LogP contribution is 2.29. The summed E-state index contributed by atoms with van der Waals surface area (Å²) in [6, 6.07) is 24.6. The second-order valence-electron chi connectivity index (χ2n) is 11.2. The number of fused-ring (bicyclic) bond motifs is 4. The van der Waals surface area contributed by atoms with Crippen molar-refractivity contribution in [3.63, 3.8) is 0 Å².